The summed E-state index contributed by atoms with van der Waals surface area (Å²) in [5.74, 6) is 0. The summed E-state index contributed by atoms with van der Waals surface area (Å²) in [6, 6.07) is 76.6. The third kappa shape index (κ3) is 6.05. The number of rotatable bonds is 8. The number of thiophene rings is 1. The molecule has 0 amide bonds. The highest BCUT2D eigenvalue weighted by molar-refractivity contribution is 7.25. The summed E-state index contributed by atoms with van der Waals surface area (Å²) >= 11 is 1.87. The van der Waals surface area contributed by atoms with Crippen LogP contribution in [0.5, 0.6) is 0 Å². The first-order chi connectivity index (χ1) is 28.7. The lowest BCUT2D eigenvalue weighted by atomic mass is 9.92. The van der Waals surface area contributed by atoms with E-state index in [2.05, 4.69) is 211 Å². The van der Waals surface area contributed by atoms with E-state index < -0.39 is 0 Å². The molecule has 58 heavy (non-hydrogen) atoms. The van der Waals surface area contributed by atoms with Crippen LogP contribution in [0.3, 0.4) is 0 Å². The van der Waals surface area contributed by atoms with Crippen LogP contribution >= 0.6 is 11.3 Å². The molecule has 0 radical (unpaired) electrons. The molecule has 0 bridgehead atoms. The molecular weight excluding hydrogens is 723 g/mol. The second kappa shape index (κ2) is 14.4. The normalized spacial score (nSPS) is 11.5. The van der Waals surface area contributed by atoms with Gasteiger partial charge in [-0.2, -0.15) is 0 Å². The molecule has 0 aliphatic rings. The Morgan fingerprint density at radius 1 is 0.362 bits per heavy atom. The van der Waals surface area contributed by atoms with Gasteiger partial charge in [-0.25, -0.2) is 0 Å². The summed E-state index contributed by atoms with van der Waals surface area (Å²) < 4.78 is 9.22. The summed E-state index contributed by atoms with van der Waals surface area (Å²) in [5, 5.41) is 4.89. The zero-order chi connectivity index (χ0) is 38.4. The van der Waals surface area contributed by atoms with Gasteiger partial charge in [0.25, 0.3) is 0 Å². The summed E-state index contributed by atoms with van der Waals surface area (Å²) in [5.41, 5.74) is 14.7. The Bertz CT molecular complexity index is 3250. The van der Waals surface area contributed by atoms with Crippen LogP contribution < -0.4 is 4.90 Å². The Labute approximate surface area is 341 Å². The lowest BCUT2D eigenvalue weighted by molar-refractivity contribution is 0.670. The molecule has 11 rings (SSSR count). The average Bonchev–Trinajstić information content (AvgIpc) is 3.87. The van der Waals surface area contributed by atoms with Gasteiger partial charge < -0.3 is 9.32 Å². The van der Waals surface area contributed by atoms with Crippen LogP contribution in [0.25, 0.3) is 86.6 Å². The van der Waals surface area contributed by atoms with E-state index in [0.717, 1.165) is 55.6 Å². The highest BCUT2D eigenvalue weighted by Crippen LogP contribution is 2.43. The van der Waals surface area contributed by atoms with Crippen molar-refractivity contribution in [3.05, 3.63) is 218 Å². The molecule has 274 valence electrons. The number of benzene rings is 9. The van der Waals surface area contributed by atoms with Gasteiger partial charge in [-0.1, -0.05) is 170 Å². The Balaban J connectivity index is 1.06. The Hall–Kier alpha value is -7.20. The van der Waals surface area contributed by atoms with Gasteiger partial charge in [-0.05, 0) is 87.0 Å². The predicted molar refractivity (Wildman–Crippen MR) is 247 cm³/mol. The zero-order valence-corrected chi connectivity index (χ0v) is 32.5. The summed E-state index contributed by atoms with van der Waals surface area (Å²) in [6.07, 6.45) is 0. The zero-order valence-electron chi connectivity index (χ0n) is 31.7. The van der Waals surface area contributed by atoms with Crippen molar-refractivity contribution in [2.75, 3.05) is 4.90 Å². The van der Waals surface area contributed by atoms with Gasteiger partial charge >= 0.3 is 0 Å². The summed E-state index contributed by atoms with van der Waals surface area (Å²) in [4.78, 5) is 2.46. The number of fused-ring (bicyclic) bond motifs is 6. The number of hydrogen-bond donors (Lipinski definition) is 0. The topological polar surface area (TPSA) is 16.4 Å². The van der Waals surface area contributed by atoms with Gasteiger partial charge in [-0.3, -0.25) is 0 Å². The Morgan fingerprint density at radius 3 is 1.72 bits per heavy atom. The van der Waals surface area contributed by atoms with Crippen molar-refractivity contribution in [3.8, 4) is 44.5 Å². The maximum atomic E-state index is 6.59. The van der Waals surface area contributed by atoms with Crippen LogP contribution in [0.2, 0.25) is 0 Å². The summed E-state index contributed by atoms with van der Waals surface area (Å²) in [7, 11) is 0. The molecule has 0 saturated carbocycles. The maximum absolute atomic E-state index is 6.59. The highest BCUT2D eigenvalue weighted by Gasteiger charge is 2.19. The van der Waals surface area contributed by atoms with E-state index in [-0.39, 0.29) is 0 Å². The van der Waals surface area contributed by atoms with Crippen LogP contribution in [0.1, 0.15) is 5.56 Å². The van der Waals surface area contributed by atoms with Crippen molar-refractivity contribution >= 4 is 64.8 Å². The molecule has 11 aromatic rings. The van der Waals surface area contributed by atoms with Crippen LogP contribution in [-0.4, -0.2) is 0 Å². The van der Waals surface area contributed by atoms with Gasteiger partial charge in [0.2, 0.25) is 0 Å². The number of anilines is 2. The quantitative estimate of drug-likeness (QED) is 0.153. The van der Waals surface area contributed by atoms with E-state index in [1.165, 1.54) is 48.0 Å². The number of nitrogens with zero attached hydrogens (tertiary/aromatic N) is 1. The fourth-order valence-corrected chi connectivity index (χ4v) is 9.73. The van der Waals surface area contributed by atoms with Crippen molar-refractivity contribution in [2.45, 2.75) is 6.54 Å². The van der Waals surface area contributed by atoms with Crippen LogP contribution in [0, 0.1) is 0 Å². The molecule has 0 unspecified atom stereocenters. The number of hydrogen-bond acceptors (Lipinski definition) is 3. The van der Waals surface area contributed by atoms with E-state index in [1.54, 1.807) is 0 Å². The Morgan fingerprint density at radius 2 is 0.948 bits per heavy atom. The predicted octanol–water partition coefficient (Wildman–Crippen LogP) is 16.0. The third-order valence-electron chi connectivity index (χ3n) is 11.4. The van der Waals surface area contributed by atoms with Gasteiger partial charge in [0, 0.05) is 54.4 Å². The molecule has 2 aromatic heterocycles. The van der Waals surface area contributed by atoms with Crippen LogP contribution in [0.4, 0.5) is 11.4 Å². The van der Waals surface area contributed by atoms with E-state index in [1.807, 2.05) is 17.4 Å². The second-order valence-electron chi connectivity index (χ2n) is 14.8. The monoisotopic (exact) mass is 759 g/mol. The van der Waals surface area contributed by atoms with E-state index >= 15 is 0 Å². The van der Waals surface area contributed by atoms with Crippen molar-refractivity contribution in [3.63, 3.8) is 0 Å². The fraction of sp³-hybridized carbons (Fsp3) is 0.0182. The molecule has 9 aromatic carbocycles. The molecule has 3 heteroatoms. The number of para-hydroxylation sites is 2. The smallest absolute Gasteiger partial charge is 0.143 e. The molecule has 2 heterocycles. The van der Waals surface area contributed by atoms with E-state index in [9.17, 15) is 0 Å². The third-order valence-corrected chi connectivity index (χ3v) is 12.5. The van der Waals surface area contributed by atoms with E-state index in [0.29, 0.717) is 6.54 Å². The SMILES string of the molecule is c1ccc(-c2ccccc2-c2ccc(N(Cc3ccc4c(c3)sc3ccccc34)c3ccc(-c4cccc5c4oc4ccccc45)c(-c4ccccc4)c3)cc2)cc1. The average molecular weight is 760 g/mol. The first kappa shape index (κ1) is 34.1. The first-order valence-corrected chi connectivity index (χ1v) is 20.6. The van der Waals surface area contributed by atoms with Crippen molar-refractivity contribution in [1.82, 2.24) is 0 Å². The fourth-order valence-electron chi connectivity index (χ4n) is 8.56. The van der Waals surface area contributed by atoms with Gasteiger partial charge in [0.05, 0.1) is 0 Å². The van der Waals surface area contributed by atoms with Crippen molar-refractivity contribution in [1.29, 1.82) is 0 Å². The molecular formula is C55H37NOS. The lowest BCUT2D eigenvalue weighted by Crippen LogP contribution is -2.16. The second-order valence-corrected chi connectivity index (χ2v) is 15.9. The molecule has 0 fully saturated rings. The molecule has 0 aliphatic heterocycles. The van der Waals surface area contributed by atoms with Gasteiger partial charge in [0.1, 0.15) is 11.2 Å². The minimum absolute atomic E-state index is 0.705. The van der Waals surface area contributed by atoms with Crippen LogP contribution in [0.15, 0.2) is 217 Å². The minimum Gasteiger partial charge on any atom is -0.455 e. The number of furan rings is 1. The van der Waals surface area contributed by atoms with Crippen molar-refractivity contribution in [2.24, 2.45) is 0 Å². The molecule has 0 spiro atoms. The molecule has 0 atom stereocenters. The largest absolute Gasteiger partial charge is 0.455 e. The molecule has 0 N–H and O–H groups in total. The highest BCUT2D eigenvalue weighted by atomic mass is 32.1. The first-order valence-electron chi connectivity index (χ1n) is 19.8. The molecule has 2 nitrogen and oxygen atoms in total. The van der Waals surface area contributed by atoms with E-state index in [4.69, 9.17) is 4.42 Å². The van der Waals surface area contributed by atoms with Crippen molar-refractivity contribution < 1.29 is 4.42 Å². The molecule has 0 saturated heterocycles. The molecule has 0 aliphatic carbocycles. The maximum Gasteiger partial charge on any atom is 0.143 e. The standard InChI is InChI=1S/C55H37NOS/c1-3-14-38(15-4-1)43-18-7-8-19-44(43)40-27-29-41(30-28-40)56(36-37-26-32-48-47-21-10-12-25-53(47)58-54(48)34-37)42-31-33-45(51(35-42)39-16-5-2-6-17-39)49-22-13-23-50-46-20-9-11-24-52(46)57-55(49)50/h1-35H,36H2. The van der Waals surface area contributed by atoms with Gasteiger partial charge in [-0.15, -0.1) is 11.3 Å². The van der Waals surface area contributed by atoms with Gasteiger partial charge in [0.15, 0.2) is 0 Å². The van der Waals surface area contributed by atoms with Crippen LogP contribution in [-0.2, 0) is 6.54 Å². The Kier molecular flexibility index (Phi) is 8.45. The lowest BCUT2D eigenvalue weighted by Gasteiger charge is -2.27. The minimum atomic E-state index is 0.705. The summed E-state index contributed by atoms with van der Waals surface area (Å²) in [6.45, 7) is 0.705.